The molecule has 8 aromatic carbocycles. The van der Waals surface area contributed by atoms with Crippen LogP contribution in [-0.4, -0.2) is 0 Å². The second kappa shape index (κ2) is 14.0. The summed E-state index contributed by atoms with van der Waals surface area (Å²) in [4.78, 5) is 0. The lowest BCUT2D eigenvalue weighted by Gasteiger charge is -2.09. The minimum atomic E-state index is -0.591. The van der Waals surface area contributed by atoms with E-state index in [-0.39, 0.29) is 0 Å². The van der Waals surface area contributed by atoms with Crippen LogP contribution in [0.4, 0.5) is 17.6 Å². The number of hydrogen-bond acceptors (Lipinski definition) is 0. The molecule has 0 aliphatic heterocycles. The second-order valence-electron chi connectivity index (χ2n) is 12.8. The third-order valence-corrected chi connectivity index (χ3v) is 9.37. The number of halogens is 4. The van der Waals surface area contributed by atoms with Crippen LogP contribution in [0, 0.1) is 23.3 Å². The van der Waals surface area contributed by atoms with E-state index in [2.05, 4.69) is 97.1 Å². The first kappa shape index (κ1) is 32.7. The normalized spacial score (nSPS) is 11.1. The van der Waals surface area contributed by atoms with Crippen LogP contribution in [0.2, 0.25) is 0 Å². The summed E-state index contributed by atoms with van der Waals surface area (Å²) in [5, 5.41) is 0. The van der Waals surface area contributed by atoms with E-state index in [1.807, 2.05) is 48.5 Å². The lowest BCUT2D eigenvalue weighted by Crippen LogP contribution is -1.85. The molecular formula is C48H30F4. The Morgan fingerprint density at radius 3 is 0.404 bits per heavy atom. The van der Waals surface area contributed by atoms with Gasteiger partial charge in [0.05, 0.1) is 0 Å². The van der Waals surface area contributed by atoms with Crippen molar-refractivity contribution in [2.24, 2.45) is 0 Å². The van der Waals surface area contributed by atoms with Gasteiger partial charge < -0.3 is 0 Å². The maximum atomic E-state index is 13.7. The average molecular weight is 683 g/mol. The summed E-state index contributed by atoms with van der Waals surface area (Å²) >= 11 is 0. The van der Waals surface area contributed by atoms with Crippen molar-refractivity contribution in [3.8, 4) is 77.9 Å². The predicted molar refractivity (Wildman–Crippen MR) is 204 cm³/mol. The Hall–Kier alpha value is -6.52. The third kappa shape index (κ3) is 7.05. The van der Waals surface area contributed by atoms with Gasteiger partial charge in [0.15, 0.2) is 0 Å². The smallest absolute Gasteiger partial charge is 0.126 e. The highest BCUT2D eigenvalue weighted by molar-refractivity contribution is 5.77. The number of hydrogen-bond donors (Lipinski definition) is 0. The first-order chi connectivity index (χ1) is 25.3. The van der Waals surface area contributed by atoms with Crippen molar-refractivity contribution < 1.29 is 17.6 Å². The molecule has 250 valence electrons. The summed E-state index contributed by atoms with van der Waals surface area (Å²) in [5.74, 6) is -2.36. The Bertz CT molecular complexity index is 2260. The van der Waals surface area contributed by atoms with Crippen molar-refractivity contribution in [1.82, 2.24) is 0 Å². The second-order valence-corrected chi connectivity index (χ2v) is 12.8. The first-order valence-electron chi connectivity index (χ1n) is 16.9. The van der Waals surface area contributed by atoms with Gasteiger partial charge in [-0.05, 0) is 102 Å². The predicted octanol–water partition coefficient (Wildman–Crippen LogP) is 13.9. The van der Waals surface area contributed by atoms with E-state index in [4.69, 9.17) is 0 Å². The largest absolute Gasteiger partial charge is 0.207 e. The van der Waals surface area contributed by atoms with Crippen molar-refractivity contribution in [2.45, 2.75) is 0 Å². The van der Waals surface area contributed by atoms with Gasteiger partial charge in [-0.25, -0.2) is 17.6 Å². The Kier molecular flexibility index (Phi) is 8.80. The Balaban J connectivity index is 0.915. The fraction of sp³-hybridized carbons (Fsp3) is 0. The number of rotatable bonds is 7. The number of benzene rings is 8. The maximum Gasteiger partial charge on any atom is 0.126 e. The van der Waals surface area contributed by atoms with Gasteiger partial charge in [-0.2, -0.15) is 0 Å². The summed E-state index contributed by atoms with van der Waals surface area (Å²) in [7, 11) is 0. The molecule has 4 heteroatoms. The van der Waals surface area contributed by atoms with E-state index < -0.39 is 23.3 Å². The third-order valence-electron chi connectivity index (χ3n) is 9.37. The summed E-state index contributed by atoms with van der Waals surface area (Å²) in [6, 6.07) is 56.3. The van der Waals surface area contributed by atoms with E-state index in [0.717, 1.165) is 78.9 Å². The summed E-state index contributed by atoms with van der Waals surface area (Å²) in [6.45, 7) is 0. The molecule has 0 N–H and O–H groups in total. The molecule has 0 amide bonds. The molecule has 8 aromatic rings. The molecule has 0 saturated carbocycles. The van der Waals surface area contributed by atoms with Gasteiger partial charge in [-0.3, -0.25) is 0 Å². The van der Waals surface area contributed by atoms with Crippen LogP contribution in [0.25, 0.3) is 77.9 Å². The standard InChI is InChI=1S/C48H30F4/c49-45-25-43(26-46(50)29-45)41-21-17-39(18-22-41)37-13-9-35(10-14-37)33-5-1-31(2-6-33)32-3-7-34(8-4-32)36-11-15-38(16-12-36)40-19-23-42(24-20-40)44-27-47(51)30-48(52)28-44/h1-30H. The van der Waals surface area contributed by atoms with Gasteiger partial charge in [0.2, 0.25) is 0 Å². The molecule has 0 heterocycles. The molecule has 0 aliphatic carbocycles. The average Bonchev–Trinajstić information content (AvgIpc) is 3.18. The van der Waals surface area contributed by atoms with Crippen LogP contribution in [0.1, 0.15) is 0 Å². The zero-order chi connectivity index (χ0) is 35.6. The van der Waals surface area contributed by atoms with Crippen LogP contribution in [0.15, 0.2) is 182 Å². The van der Waals surface area contributed by atoms with E-state index >= 15 is 0 Å². The molecule has 0 atom stereocenters. The lowest BCUT2D eigenvalue weighted by atomic mass is 9.95. The fourth-order valence-corrected chi connectivity index (χ4v) is 6.57. The molecule has 0 spiro atoms. The molecule has 0 nitrogen and oxygen atoms in total. The van der Waals surface area contributed by atoms with Crippen LogP contribution in [0.5, 0.6) is 0 Å². The van der Waals surface area contributed by atoms with Crippen molar-refractivity contribution >= 4 is 0 Å². The van der Waals surface area contributed by atoms with E-state index in [1.54, 1.807) is 0 Å². The molecule has 0 aromatic heterocycles. The van der Waals surface area contributed by atoms with E-state index in [9.17, 15) is 17.6 Å². The zero-order valence-electron chi connectivity index (χ0n) is 27.8. The monoisotopic (exact) mass is 682 g/mol. The summed E-state index contributed by atoms with van der Waals surface area (Å²) in [5.41, 5.74) is 13.4. The molecule has 0 unspecified atom stereocenters. The molecule has 52 heavy (non-hydrogen) atoms. The van der Waals surface area contributed by atoms with Crippen molar-refractivity contribution in [2.75, 3.05) is 0 Å². The highest BCUT2D eigenvalue weighted by Gasteiger charge is 2.08. The fourth-order valence-electron chi connectivity index (χ4n) is 6.57. The molecule has 0 bridgehead atoms. The highest BCUT2D eigenvalue weighted by atomic mass is 19.1. The minimum Gasteiger partial charge on any atom is -0.207 e. The SMILES string of the molecule is Fc1cc(F)cc(-c2ccc(-c3ccc(-c4ccc(-c5ccc(-c6ccc(-c7ccc(-c8cc(F)cc(F)c8)cc7)cc6)cc5)cc4)cc3)cc2)c1. The first-order valence-corrected chi connectivity index (χ1v) is 16.9. The highest BCUT2D eigenvalue weighted by Crippen LogP contribution is 2.32. The zero-order valence-corrected chi connectivity index (χ0v) is 27.8. The van der Waals surface area contributed by atoms with Crippen molar-refractivity contribution in [1.29, 1.82) is 0 Å². The van der Waals surface area contributed by atoms with Crippen molar-refractivity contribution in [3.63, 3.8) is 0 Å². The summed E-state index contributed by atoms with van der Waals surface area (Å²) < 4.78 is 54.7. The summed E-state index contributed by atoms with van der Waals surface area (Å²) in [6.07, 6.45) is 0. The quantitative estimate of drug-likeness (QED) is 0.147. The molecule has 0 saturated heterocycles. The van der Waals surface area contributed by atoms with Gasteiger partial charge in [-0.15, -0.1) is 0 Å². The Morgan fingerprint density at radius 1 is 0.154 bits per heavy atom. The molecule has 0 fully saturated rings. The van der Waals surface area contributed by atoms with Gasteiger partial charge in [-0.1, -0.05) is 146 Å². The molecule has 0 aliphatic rings. The molecular weight excluding hydrogens is 653 g/mol. The maximum absolute atomic E-state index is 13.7. The van der Waals surface area contributed by atoms with Gasteiger partial charge in [0, 0.05) is 12.1 Å². The van der Waals surface area contributed by atoms with E-state index in [0.29, 0.717) is 11.1 Å². The minimum absolute atomic E-state index is 0.510. The molecule has 8 rings (SSSR count). The molecule has 0 radical (unpaired) electrons. The Labute approximate surface area is 299 Å². The van der Waals surface area contributed by atoms with E-state index in [1.165, 1.54) is 24.3 Å². The van der Waals surface area contributed by atoms with Gasteiger partial charge >= 0.3 is 0 Å². The van der Waals surface area contributed by atoms with Gasteiger partial charge in [0.1, 0.15) is 23.3 Å². The lowest BCUT2D eigenvalue weighted by molar-refractivity contribution is 0.583. The van der Waals surface area contributed by atoms with Crippen LogP contribution >= 0.6 is 0 Å². The Morgan fingerprint density at radius 2 is 0.269 bits per heavy atom. The van der Waals surface area contributed by atoms with Crippen LogP contribution < -0.4 is 0 Å². The van der Waals surface area contributed by atoms with Crippen LogP contribution in [-0.2, 0) is 0 Å². The van der Waals surface area contributed by atoms with Crippen LogP contribution in [0.3, 0.4) is 0 Å². The van der Waals surface area contributed by atoms with Gasteiger partial charge in [0.25, 0.3) is 0 Å². The topological polar surface area (TPSA) is 0 Å². The van der Waals surface area contributed by atoms with Crippen molar-refractivity contribution in [3.05, 3.63) is 205 Å².